The molecule has 0 aliphatic carbocycles. The molecule has 2 aromatic carbocycles. The molecule has 0 radical (unpaired) electrons. The van der Waals surface area contributed by atoms with E-state index in [4.69, 9.17) is 16.3 Å². The van der Waals surface area contributed by atoms with Crippen molar-refractivity contribution in [2.24, 2.45) is 0 Å². The fraction of sp³-hybridized carbons (Fsp3) is 0.417. The van der Waals surface area contributed by atoms with E-state index in [0.717, 1.165) is 45.7 Å². The summed E-state index contributed by atoms with van der Waals surface area (Å²) in [5, 5.41) is 0.452. The van der Waals surface area contributed by atoms with Gasteiger partial charge in [0.15, 0.2) is 11.6 Å². The Labute approximate surface area is 187 Å². The van der Waals surface area contributed by atoms with Crippen molar-refractivity contribution in [3.05, 3.63) is 64.4 Å². The molecule has 7 heteroatoms. The molecule has 1 heterocycles. The van der Waals surface area contributed by atoms with E-state index in [0.29, 0.717) is 34.9 Å². The molecule has 31 heavy (non-hydrogen) atoms. The van der Waals surface area contributed by atoms with Crippen molar-refractivity contribution in [2.45, 2.75) is 19.8 Å². The Morgan fingerprint density at radius 3 is 2.19 bits per heavy atom. The summed E-state index contributed by atoms with van der Waals surface area (Å²) in [5.74, 6) is 0.307. The maximum absolute atomic E-state index is 13.0. The number of carbonyl (C=O) groups is 2. The topological polar surface area (TPSA) is 49.9 Å². The second-order valence-corrected chi connectivity index (χ2v) is 8.17. The summed E-state index contributed by atoms with van der Waals surface area (Å²) in [5.41, 5.74) is 1.15. The van der Waals surface area contributed by atoms with Crippen molar-refractivity contribution in [1.82, 2.24) is 9.80 Å². The molecular formula is C24H28ClFN2O3. The molecule has 0 atom stereocenters. The Hall–Kier alpha value is -2.28. The van der Waals surface area contributed by atoms with Gasteiger partial charge in [-0.05, 0) is 62.4 Å². The Morgan fingerprint density at radius 1 is 0.968 bits per heavy atom. The fourth-order valence-corrected chi connectivity index (χ4v) is 3.84. The lowest BCUT2D eigenvalue weighted by atomic mass is 10.1. The van der Waals surface area contributed by atoms with Crippen molar-refractivity contribution in [1.29, 1.82) is 0 Å². The van der Waals surface area contributed by atoms with Crippen LogP contribution in [0.25, 0.3) is 0 Å². The zero-order valence-corrected chi connectivity index (χ0v) is 18.5. The Kier molecular flexibility index (Phi) is 8.58. The van der Waals surface area contributed by atoms with Gasteiger partial charge in [0.1, 0.15) is 18.2 Å². The highest BCUT2D eigenvalue weighted by atomic mass is 35.5. The predicted octanol–water partition coefficient (Wildman–Crippen LogP) is 4.34. The number of ether oxygens (including phenoxy) is 1. The van der Waals surface area contributed by atoms with Crippen molar-refractivity contribution >= 4 is 23.2 Å². The van der Waals surface area contributed by atoms with Crippen LogP contribution in [0.4, 0.5) is 4.39 Å². The molecule has 0 unspecified atom stereocenters. The van der Waals surface area contributed by atoms with E-state index in [1.54, 1.807) is 30.3 Å². The Bertz CT molecular complexity index is 896. The zero-order valence-electron chi connectivity index (χ0n) is 17.8. The number of rotatable bonds is 10. The van der Waals surface area contributed by atoms with Gasteiger partial charge in [-0.25, -0.2) is 4.39 Å². The van der Waals surface area contributed by atoms with Gasteiger partial charge in [-0.1, -0.05) is 11.6 Å². The van der Waals surface area contributed by atoms with Crippen LogP contribution in [0.2, 0.25) is 5.02 Å². The van der Waals surface area contributed by atoms with Gasteiger partial charge >= 0.3 is 0 Å². The van der Waals surface area contributed by atoms with Crippen molar-refractivity contribution < 1.29 is 18.7 Å². The first-order chi connectivity index (χ1) is 14.9. The van der Waals surface area contributed by atoms with Crippen molar-refractivity contribution in [3.8, 4) is 5.75 Å². The van der Waals surface area contributed by atoms with Gasteiger partial charge in [0, 0.05) is 50.3 Å². The molecule has 0 saturated carbocycles. The second kappa shape index (κ2) is 11.4. The first-order valence-corrected chi connectivity index (χ1v) is 11.0. The summed E-state index contributed by atoms with van der Waals surface area (Å²) in [6.45, 7) is 7.55. The number of ketones is 2. The van der Waals surface area contributed by atoms with E-state index in [1.807, 2.05) is 0 Å². The standard InChI is InChI=1S/C24H28ClFN2O3/c1-18(29)20-6-9-24(22(25)17-20)31-16-15-28-13-11-27(12-14-28)10-2-3-23(30)19-4-7-21(26)8-5-19/h4-9,17H,2-3,10-16H2,1H3. The molecule has 3 rings (SSSR count). The molecule has 1 saturated heterocycles. The first-order valence-electron chi connectivity index (χ1n) is 10.6. The number of nitrogens with zero attached hydrogens (tertiary/aromatic N) is 2. The molecule has 1 fully saturated rings. The number of benzene rings is 2. The second-order valence-electron chi connectivity index (χ2n) is 7.77. The van der Waals surface area contributed by atoms with Crippen LogP contribution in [0.1, 0.15) is 40.5 Å². The van der Waals surface area contributed by atoms with Crippen molar-refractivity contribution in [2.75, 3.05) is 45.9 Å². The van der Waals surface area contributed by atoms with Crippen LogP contribution in [-0.2, 0) is 0 Å². The highest BCUT2D eigenvalue weighted by molar-refractivity contribution is 6.32. The summed E-state index contributed by atoms with van der Waals surface area (Å²) in [6, 6.07) is 10.8. The van der Waals surface area contributed by atoms with Crippen LogP contribution in [0.5, 0.6) is 5.75 Å². The van der Waals surface area contributed by atoms with Crippen LogP contribution in [-0.4, -0.2) is 67.2 Å². The normalized spacial score (nSPS) is 15.1. The lowest BCUT2D eigenvalue weighted by molar-refractivity contribution is 0.0952. The molecule has 0 aromatic heterocycles. The molecule has 1 aliphatic rings. The number of piperazine rings is 1. The van der Waals surface area contributed by atoms with Crippen molar-refractivity contribution in [3.63, 3.8) is 0 Å². The molecule has 0 spiro atoms. The zero-order chi connectivity index (χ0) is 22.2. The number of halogens is 2. The maximum Gasteiger partial charge on any atom is 0.162 e. The highest BCUT2D eigenvalue weighted by Crippen LogP contribution is 2.25. The molecule has 5 nitrogen and oxygen atoms in total. The van der Waals surface area contributed by atoms with Gasteiger partial charge in [-0.3, -0.25) is 14.5 Å². The molecule has 1 aliphatic heterocycles. The SMILES string of the molecule is CC(=O)c1ccc(OCCN2CCN(CCCC(=O)c3ccc(F)cc3)CC2)c(Cl)c1. The Balaban J connectivity index is 1.31. The minimum Gasteiger partial charge on any atom is -0.491 e. The van der Waals surface area contributed by atoms with Gasteiger partial charge < -0.3 is 9.64 Å². The predicted molar refractivity (Wildman–Crippen MR) is 120 cm³/mol. The summed E-state index contributed by atoms with van der Waals surface area (Å²) in [6.07, 6.45) is 1.27. The van der Waals surface area contributed by atoms with Gasteiger partial charge in [-0.2, -0.15) is 0 Å². The van der Waals surface area contributed by atoms with E-state index >= 15 is 0 Å². The van der Waals surface area contributed by atoms with E-state index in [9.17, 15) is 14.0 Å². The van der Waals surface area contributed by atoms with Crippen LogP contribution in [0.3, 0.4) is 0 Å². The third-order valence-electron chi connectivity index (χ3n) is 5.51. The largest absolute Gasteiger partial charge is 0.491 e. The van der Waals surface area contributed by atoms with E-state index in [-0.39, 0.29) is 17.4 Å². The minimum absolute atomic E-state index is 0.0221. The van der Waals surface area contributed by atoms with Gasteiger partial charge in [0.25, 0.3) is 0 Å². The van der Waals surface area contributed by atoms with E-state index < -0.39 is 0 Å². The molecule has 0 amide bonds. The van der Waals surface area contributed by atoms with Crippen LogP contribution >= 0.6 is 11.6 Å². The number of hydrogen-bond donors (Lipinski definition) is 0. The molecule has 0 N–H and O–H groups in total. The lowest BCUT2D eigenvalue weighted by Crippen LogP contribution is -2.47. The van der Waals surface area contributed by atoms with Gasteiger partial charge in [0.05, 0.1) is 5.02 Å². The van der Waals surface area contributed by atoms with Gasteiger partial charge in [0.2, 0.25) is 0 Å². The summed E-state index contributed by atoms with van der Waals surface area (Å²) >= 11 is 6.19. The average Bonchev–Trinajstić information content (AvgIpc) is 2.76. The van der Waals surface area contributed by atoms with Crippen LogP contribution in [0.15, 0.2) is 42.5 Å². The molecule has 166 valence electrons. The number of hydrogen-bond acceptors (Lipinski definition) is 5. The third-order valence-corrected chi connectivity index (χ3v) is 5.81. The maximum atomic E-state index is 13.0. The van der Waals surface area contributed by atoms with E-state index in [1.165, 1.54) is 19.1 Å². The van der Waals surface area contributed by atoms with E-state index in [2.05, 4.69) is 9.80 Å². The van der Waals surface area contributed by atoms with Crippen LogP contribution < -0.4 is 4.74 Å². The summed E-state index contributed by atoms with van der Waals surface area (Å²) < 4.78 is 18.7. The smallest absolute Gasteiger partial charge is 0.162 e. The molecule has 2 aromatic rings. The average molecular weight is 447 g/mol. The summed E-state index contributed by atoms with van der Waals surface area (Å²) in [4.78, 5) is 28.3. The van der Waals surface area contributed by atoms with Crippen LogP contribution in [0, 0.1) is 5.82 Å². The quantitative estimate of drug-likeness (QED) is 0.508. The molecular weight excluding hydrogens is 419 g/mol. The third kappa shape index (κ3) is 7.13. The minimum atomic E-state index is -0.325. The first kappa shape index (κ1) is 23.4. The molecule has 0 bridgehead atoms. The number of carbonyl (C=O) groups excluding carboxylic acids is 2. The Morgan fingerprint density at radius 2 is 1.58 bits per heavy atom. The fourth-order valence-electron chi connectivity index (χ4n) is 3.60. The summed E-state index contributed by atoms with van der Waals surface area (Å²) in [7, 11) is 0. The lowest BCUT2D eigenvalue weighted by Gasteiger charge is -2.34. The highest BCUT2D eigenvalue weighted by Gasteiger charge is 2.17. The monoisotopic (exact) mass is 446 g/mol. The number of Topliss-reactive ketones (excluding diaryl/α,β-unsaturated/α-hetero) is 2. The van der Waals surface area contributed by atoms with Gasteiger partial charge in [-0.15, -0.1) is 0 Å².